The molecule has 16 heavy (non-hydrogen) atoms. The molecule has 1 atom stereocenters. The summed E-state index contributed by atoms with van der Waals surface area (Å²) >= 11 is 0. The molecule has 98 valence electrons. The summed E-state index contributed by atoms with van der Waals surface area (Å²) in [5, 5.41) is 9.93. The first-order valence-corrected chi connectivity index (χ1v) is 6.33. The summed E-state index contributed by atoms with van der Waals surface area (Å²) in [6.07, 6.45) is 3.40. The van der Waals surface area contributed by atoms with E-state index in [1.54, 1.807) is 0 Å². The molecule has 1 unspecified atom stereocenters. The number of rotatable bonds is 8. The third kappa shape index (κ3) is 8.08. The van der Waals surface area contributed by atoms with Crippen LogP contribution in [0.2, 0.25) is 0 Å². The Hall–Kier alpha value is -0.120. The van der Waals surface area contributed by atoms with Crippen molar-refractivity contribution in [1.82, 2.24) is 0 Å². The van der Waals surface area contributed by atoms with Crippen molar-refractivity contribution < 1.29 is 9.84 Å². The van der Waals surface area contributed by atoms with Crippen molar-refractivity contribution in [3.8, 4) is 0 Å². The molecule has 0 fully saturated rings. The van der Waals surface area contributed by atoms with Crippen LogP contribution in [0.15, 0.2) is 0 Å². The SMILES string of the molecule is CCC(O)(CN)CCCOCCC(C)(C)C. The fourth-order valence-corrected chi connectivity index (χ4v) is 1.41. The summed E-state index contributed by atoms with van der Waals surface area (Å²) in [5.41, 5.74) is 5.17. The van der Waals surface area contributed by atoms with E-state index in [0.29, 0.717) is 18.4 Å². The van der Waals surface area contributed by atoms with E-state index >= 15 is 0 Å². The van der Waals surface area contributed by atoms with Gasteiger partial charge in [0.15, 0.2) is 0 Å². The summed E-state index contributed by atoms with van der Waals surface area (Å²) in [6, 6.07) is 0. The maximum atomic E-state index is 9.93. The van der Waals surface area contributed by atoms with Crippen LogP contribution in [0.5, 0.6) is 0 Å². The van der Waals surface area contributed by atoms with Crippen LogP contribution in [0.1, 0.15) is 53.4 Å². The third-order valence-corrected chi connectivity index (χ3v) is 2.97. The predicted octanol–water partition coefficient (Wildman–Crippen LogP) is 2.32. The molecule has 0 bridgehead atoms. The smallest absolute Gasteiger partial charge is 0.0767 e. The Bertz CT molecular complexity index is 171. The average molecular weight is 231 g/mol. The van der Waals surface area contributed by atoms with Gasteiger partial charge in [-0.05, 0) is 31.1 Å². The molecular formula is C13H29NO2. The summed E-state index contributed by atoms with van der Waals surface area (Å²) in [6.45, 7) is 10.5. The topological polar surface area (TPSA) is 55.5 Å². The summed E-state index contributed by atoms with van der Waals surface area (Å²) in [4.78, 5) is 0. The average Bonchev–Trinajstić information content (AvgIpc) is 2.21. The van der Waals surface area contributed by atoms with Gasteiger partial charge in [-0.2, -0.15) is 0 Å². The van der Waals surface area contributed by atoms with Gasteiger partial charge in [0.2, 0.25) is 0 Å². The molecule has 0 saturated heterocycles. The molecule has 0 aliphatic heterocycles. The number of nitrogens with two attached hydrogens (primary N) is 1. The summed E-state index contributed by atoms with van der Waals surface area (Å²) < 4.78 is 5.54. The number of ether oxygens (including phenoxy) is 1. The van der Waals surface area contributed by atoms with Crippen molar-refractivity contribution in [3.63, 3.8) is 0 Å². The molecule has 0 aliphatic rings. The van der Waals surface area contributed by atoms with Gasteiger partial charge in [-0.3, -0.25) is 0 Å². The molecule has 0 saturated carbocycles. The molecule has 0 heterocycles. The minimum absolute atomic E-state index is 0.335. The second-order valence-corrected chi connectivity index (χ2v) is 5.81. The Morgan fingerprint density at radius 1 is 1.12 bits per heavy atom. The highest BCUT2D eigenvalue weighted by Crippen LogP contribution is 2.18. The lowest BCUT2D eigenvalue weighted by Crippen LogP contribution is -2.37. The Morgan fingerprint density at radius 3 is 2.19 bits per heavy atom. The Morgan fingerprint density at radius 2 is 1.75 bits per heavy atom. The molecule has 0 aromatic carbocycles. The number of aliphatic hydroxyl groups is 1. The van der Waals surface area contributed by atoms with E-state index in [2.05, 4.69) is 20.8 Å². The zero-order valence-electron chi connectivity index (χ0n) is 11.4. The molecule has 0 spiro atoms. The van der Waals surface area contributed by atoms with Crippen molar-refractivity contribution in [3.05, 3.63) is 0 Å². The van der Waals surface area contributed by atoms with E-state index in [4.69, 9.17) is 10.5 Å². The van der Waals surface area contributed by atoms with Crippen LogP contribution < -0.4 is 5.73 Å². The normalized spacial score (nSPS) is 16.1. The van der Waals surface area contributed by atoms with Crippen molar-refractivity contribution in [1.29, 1.82) is 0 Å². The second-order valence-electron chi connectivity index (χ2n) is 5.81. The Balaban J connectivity index is 3.47. The maximum Gasteiger partial charge on any atom is 0.0767 e. The van der Waals surface area contributed by atoms with Gasteiger partial charge in [-0.15, -0.1) is 0 Å². The van der Waals surface area contributed by atoms with Crippen LogP contribution in [0.25, 0.3) is 0 Å². The van der Waals surface area contributed by atoms with E-state index in [0.717, 1.165) is 32.5 Å². The molecule has 0 amide bonds. The van der Waals surface area contributed by atoms with E-state index in [9.17, 15) is 5.11 Å². The third-order valence-electron chi connectivity index (χ3n) is 2.97. The van der Waals surface area contributed by atoms with E-state index in [1.165, 1.54) is 0 Å². The lowest BCUT2D eigenvalue weighted by molar-refractivity contribution is 0.0216. The molecule has 0 aliphatic carbocycles. The van der Waals surface area contributed by atoms with Crippen molar-refractivity contribution in [2.75, 3.05) is 19.8 Å². The minimum Gasteiger partial charge on any atom is -0.389 e. The van der Waals surface area contributed by atoms with Gasteiger partial charge >= 0.3 is 0 Å². The zero-order valence-corrected chi connectivity index (χ0v) is 11.4. The first-order chi connectivity index (χ1) is 7.33. The fraction of sp³-hybridized carbons (Fsp3) is 1.00. The molecule has 3 heteroatoms. The Labute approximate surface area is 100 Å². The highest BCUT2D eigenvalue weighted by Gasteiger charge is 2.21. The van der Waals surface area contributed by atoms with Gasteiger partial charge in [0.25, 0.3) is 0 Å². The van der Waals surface area contributed by atoms with E-state index < -0.39 is 5.60 Å². The predicted molar refractivity (Wildman–Crippen MR) is 68.4 cm³/mol. The van der Waals surface area contributed by atoms with Gasteiger partial charge in [-0.25, -0.2) is 0 Å². The minimum atomic E-state index is -0.687. The van der Waals surface area contributed by atoms with E-state index in [1.807, 2.05) is 6.92 Å². The molecule has 3 nitrogen and oxygen atoms in total. The standard InChI is InChI=1S/C13H29NO2/c1-5-13(15,11-14)7-6-9-16-10-8-12(2,3)4/h15H,5-11,14H2,1-4H3. The monoisotopic (exact) mass is 231 g/mol. The lowest BCUT2D eigenvalue weighted by atomic mass is 9.93. The van der Waals surface area contributed by atoms with Crippen LogP contribution in [0.4, 0.5) is 0 Å². The highest BCUT2D eigenvalue weighted by molar-refractivity contribution is 4.77. The Kier molecular flexibility index (Phi) is 7.20. The van der Waals surface area contributed by atoms with Gasteiger partial charge in [0.05, 0.1) is 5.60 Å². The van der Waals surface area contributed by atoms with Crippen LogP contribution in [0.3, 0.4) is 0 Å². The quantitative estimate of drug-likeness (QED) is 0.630. The van der Waals surface area contributed by atoms with Crippen molar-refractivity contribution in [2.24, 2.45) is 11.1 Å². The molecule has 0 rings (SSSR count). The first-order valence-electron chi connectivity index (χ1n) is 6.33. The molecule has 0 aromatic heterocycles. The zero-order chi connectivity index (χ0) is 12.7. The van der Waals surface area contributed by atoms with Gasteiger partial charge < -0.3 is 15.6 Å². The second kappa shape index (κ2) is 7.25. The molecular weight excluding hydrogens is 202 g/mol. The maximum absolute atomic E-state index is 9.93. The number of hydrogen-bond donors (Lipinski definition) is 2. The largest absolute Gasteiger partial charge is 0.389 e. The lowest BCUT2D eigenvalue weighted by Gasteiger charge is -2.24. The number of hydrogen-bond acceptors (Lipinski definition) is 3. The molecule has 0 aromatic rings. The van der Waals surface area contributed by atoms with Crippen LogP contribution in [-0.4, -0.2) is 30.5 Å². The summed E-state index contributed by atoms with van der Waals surface area (Å²) in [5.74, 6) is 0. The van der Waals surface area contributed by atoms with Gasteiger partial charge in [0.1, 0.15) is 0 Å². The van der Waals surface area contributed by atoms with Crippen molar-refractivity contribution >= 4 is 0 Å². The van der Waals surface area contributed by atoms with Crippen molar-refractivity contribution in [2.45, 2.75) is 59.0 Å². The van der Waals surface area contributed by atoms with Crippen LogP contribution in [0, 0.1) is 5.41 Å². The first kappa shape index (κ1) is 15.9. The van der Waals surface area contributed by atoms with Crippen LogP contribution in [-0.2, 0) is 4.74 Å². The highest BCUT2D eigenvalue weighted by atomic mass is 16.5. The van der Waals surface area contributed by atoms with E-state index in [-0.39, 0.29) is 0 Å². The summed E-state index contributed by atoms with van der Waals surface area (Å²) in [7, 11) is 0. The molecule has 0 radical (unpaired) electrons. The fourth-order valence-electron chi connectivity index (χ4n) is 1.41. The van der Waals surface area contributed by atoms with Gasteiger partial charge in [0, 0.05) is 19.8 Å². The van der Waals surface area contributed by atoms with Crippen LogP contribution >= 0.6 is 0 Å². The molecule has 3 N–H and O–H groups in total. The van der Waals surface area contributed by atoms with Gasteiger partial charge in [-0.1, -0.05) is 27.7 Å².